The van der Waals surface area contributed by atoms with E-state index in [2.05, 4.69) is 15.6 Å². The van der Waals surface area contributed by atoms with Gasteiger partial charge < -0.3 is 14.3 Å². The lowest BCUT2D eigenvalue weighted by molar-refractivity contribution is -0.124. The Bertz CT molecular complexity index is 1180. The van der Waals surface area contributed by atoms with Crippen LogP contribution in [-0.4, -0.2) is 20.8 Å². The van der Waals surface area contributed by atoms with Crippen LogP contribution in [0.3, 0.4) is 0 Å². The topological polar surface area (TPSA) is 103 Å². The molecule has 1 atom stereocenters. The largest absolute Gasteiger partial charge is 0.463 e. The fourth-order valence-electron chi connectivity index (χ4n) is 2.87. The monoisotopic (exact) mass is 410 g/mol. The van der Waals surface area contributed by atoms with E-state index in [1.165, 1.54) is 12.3 Å². The molecular formula is C20H18N4O4S. The zero-order chi connectivity index (χ0) is 20.4. The molecule has 0 aliphatic rings. The number of furan rings is 1. The van der Waals surface area contributed by atoms with Crippen LogP contribution in [-0.2, 0) is 11.3 Å². The molecular weight excluding hydrogens is 392 g/mol. The van der Waals surface area contributed by atoms with E-state index in [0.29, 0.717) is 35.0 Å². The standard InChI is InChI=1S/C20H18N4O4S/c1-12-9-17(28-23-12)15-10-18(25)24(22-19(15)16-6-3-7-27-16)13(2)20(26)21-11-14-5-4-8-29-14/h3-10,13H,11H2,1-2H3,(H,21,26). The van der Waals surface area contributed by atoms with Gasteiger partial charge in [-0.05, 0) is 37.4 Å². The lowest BCUT2D eigenvalue weighted by atomic mass is 10.1. The van der Waals surface area contributed by atoms with Gasteiger partial charge in [-0.2, -0.15) is 5.10 Å². The highest BCUT2D eigenvalue weighted by atomic mass is 32.1. The summed E-state index contributed by atoms with van der Waals surface area (Å²) in [4.78, 5) is 26.4. The SMILES string of the molecule is Cc1cc(-c2cc(=O)n(C(C)C(=O)NCc3cccs3)nc2-c2ccco2)on1. The van der Waals surface area contributed by atoms with Crippen molar-refractivity contribution in [1.29, 1.82) is 0 Å². The lowest BCUT2D eigenvalue weighted by Gasteiger charge is -2.15. The molecule has 0 bridgehead atoms. The van der Waals surface area contributed by atoms with Gasteiger partial charge in [-0.1, -0.05) is 11.2 Å². The molecule has 9 heteroatoms. The van der Waals surface area contributed by atoms with Gasteiger partial charge in [-0.3, -0.25) is 9.59 Å². The van der Waals surface area contributed by atoms with Crippen molar-refractivity contribution in [2.75, 3.05) is 0 Å². The Hall–Kier alpha value is -3.46. The number of amides is 1. The van der Waals surface area contributed by atoms with E-state index < -0.39 is 11.6 Å². The Morgan fingerprint density at radius 3 is 2.79 bits per heavy atom. The molecule has 4 heterocycles. The maximum absolute atomic E-state index is 12.8. The van der Waals surface area contributed by atoms with Crippen LogP contribution in [0.2, 0.25) is 0 Å². The highest BCUT2D eigenvalue weighted by Crippen LogP contribution is 2.30. The zero-order valence-electron chi connectivity index (χ0n) is 15.8. The summed E-state index contributed by atoms with van der Waals surface area (Å²) in [7, 11) is 0. The van der Waals surface area contributed by atoms with E-state index in [1.807, 2.05) is 17.5 Å². The summed E-state index contributed by atoms with van der Waals surface area (Å²) in [6.45, 7) is 3.81. The number of aryl methyl sites for hydroxylation is 1. The fraction of sp³-hybridized carbons (Fsp3) is 0.200. The second-order valence-electron chi connectivity index (χ2n) is 6.47. The summed E-state index contributed by atoms with van der Waals surface area (Å²) < 4.78 is 11.9. The number of thiophene rings is 1. The highest BCUT2D eigenvalue weighted by molar-refractivity contribution is 7.09. The van der Waals surface area contributed by atoms with E-state index in [4.69, 9.17) is 8.94 Å². The van der Waals surface area contributed by atoms with Crippen LogP contribution in [0, 0.1) is 6.92 Å². The number of rotatable bonds is 6. The Labute approximate surface area is 169 Å². The first-order chi connectivity index (χ1) is 14.0. The van der Waals surface area contributed by atoms with Crippen molar-refractivity contribution >= 4 is 17.2 Å². The van der Waals surface area contributed by atoms with Crippen molar-refractivity contribution in [2.45, 2.75) is 26.4 Å². The molecule has 0 radical (unpaired) electrons. The molecule has 0 fully saturated rings. The summed E-state index contributed by atoms with van der Waals surface area (Å²) >= 11 is 1.55. The minimum atomic E-state index is -0.804. The summed E-state index contributed by atoms with van der Waals surface area (Å²) in [6, 6.07) is 9.59. The third-order valence-electron chi connectivity index (χ3n) is 4.37. The number of nitrogens with zero attached hydrogens (tertiary/aromatic N) is 3. The van der Waals surface area contributed by atoms with E-state index in [9.17, 15) is 9.59 Å². The second-order valence-corrected chi connectivity index (χ2v) is 7.50. The molecule has 4 aromatic heterocycles. The van der Waals surface area contributed by atoms with Crippen molar-refractivity contribution < 1.29 is 13.7 Å². The van der Waals surface area contributed by atoms with Gasteiger partial charge in [0.2, 0.25) is 5.91 Å². The number of hydrogen-bond donors (Lipinski definition) is 1. The van der Waals surface area contributed by atoms with E-state index in [0.717, 1.165) is 9.56 Å². The van der Waals surface area contributed by atoms with Gasteiger partial charge in [0.25, 0.3) is 5.56 Å². The number of carbonyl (C=O) groups is 1. The van der Waals surface area contributed by atoms with Gasteiger partial charge in [0.1, 0.15) is 11.7 Å². The van der Waals surface area contributed by atoms with Gasteiger partial charge in [0.15, 0.2) is 11.5 Å². The molecule has 1 N–H and O–H groups in total. The maximum atomic E-state index is 12.8. The number of carbonyl (C=O) groups excluding carboxylic acids is 1. The normalized spacial score (nSPS) is 12.1. The smallest absolute Gasteiger partial charge is 0.268 e. The summed E-state index contributed by atoms with van der Waals surface area (Å²) in [6.07, 6.45) is 1.51. The third kappa shape index (κ3) is 3.90. The lowest BCUT2D eigenvalue weighted by Crippen LogP contribution is -2.36. The van der Waals surface area contributed by atoms with Crippen LogP contribution < -0.4 is 10.9 Å². The predicted molar refractivity (Wildman–Crippen MR) is 107 cm³/mol. The van der Waals surface area contributed by atoms with Crippen molar-refractivity contribution in [3.8, 4) is 22.8 Å². The van der Waals surface area contributed by atoms with Crippen LogP contribution >= 0.6 is 11.3 Å². The van der Waals surface area contributed by atoms with Gasteiger partial charge in [0, 0.05) is 17.0 Å². The molecule has 0 aliphatic carbocycles. The Morgan fingerprint density at radius 2 is 2.14 bits per heavy atom. The Morgan fingerprint density at radius 1 is 1.28 bits per heavy atom. The second kappa shape index (κ2) is 7.88. The summed E-state index contributed by atoms with van der Waals surface area (Å²) in [5.41, 5.74) is 1.09. The molecule has 8 nitrogen and oxygen atoms in total. The minimum Gasteiger partial charge on any atom is -0.463 e. The zero-order valence-corrected chi connectivity index (χ0v) is 16.6. The summed E-state index contributed by atoms with van der Waals surface area (Å²) in [5, 5.41) is 13.1. The van der Waals surface area contributed by atoms with Crippen LogP contribution in [0.4, 0.5) is 0 Å². The number of nitrogens with one attached hydrogen (secondary N) is 1. The van der Waals surface area contributed by atoms with Gasteiger partial charge in [0.05, 0.1) is 24.1 Å². The Kier molecular flexibility index (Phi) is 5.13. The van der Waals surface area contributed by atoms with Crippen LogP contribution in [0.5, 0.6) is 0 Å². The average molecular weight is 410 g/mol. The quantitative estimate of drug-likeness (QED) is 0.522. The first-order valence-electron chi connectivity index (χ1n) is 8.94. The van der Waals surface area contributed by atoms with Crippen molar-refractivity contribution in [1.82, 2.24) is 20.3 Å². The molecule has 1 amide bonds. The van der Waals surface area contributed by atoms with E-state index in [1.54, 1.807) is 43.4 Å². The average Bonchev–Trinajstić information content (AvgIpc) is 3.47. The van der Waals surface area contributed by atoms with Crippen LogP contribution in [0.1, 0.15) is 23.5 Å². The Balaban J connectivity index is 1.69. The molecule has 4 aromatic rings. The molecule has 148 valence electrons. The van der Waals surface area contributed by atoms with Crippen LogP contribution in [0.15, 0.2) is 61.8 Å². The molecule has 0 aliphatic heterocycles. The minimum absolute atomic E-state index is 0.304. The summed E-state index contributed by atoms with van der Waals surface area (Å²) in [5.74, 6) is 0.552. The first-order valence-corrected chi connectivity index (χ1v) is 9.82. The van der Waals surface area contributed by atoms with E-state index >= 15 is 0 Å². The molecule has 0 spiro atoms. The molecule has 0 saturated heterocycles. The van der Waals surface area contributed by atoms with Crippen molar-refractivity contribution in [3.05, 3.63) is 69.0 Å². The third-order valence-corrected chi connectivity index (χ3v) is 5.24. The van der Waals surface area contributed by atoms with E-state index in [-0.39, 0.29) is 5.91 Å². The first kappa shape index (κ1) is 18.9. The molecule has 29 heavy (non-hydrogen) atoms. The van der Waals surface area contributed by atoms with Crippen molar-refractivity contribution in [3.63, 3.8) is 0 Å². The van der Waals surface area contributed by atoms with Gasteiger partial charge in [-0.15, -0.1) is 11.3 Å². The van der Waals surface area contributed by atoms with Crippen molar-refractivity contribution in [2.24, 2.45) is 0 Å². The molecule has 0 aromatic carbocycles. The van der Waals surface area contributed by atoms with Gasteiger partial charge in [-0.25, -0.2) is 4.68 Å². The maximum Gasteiger partial charge on any atom is 0.268 e. The molecule has 1 unspecified atom stereocenters. The van der Waals surface area contributed by atoms with Crippen LogP contribution in [0.25, 0.3) is 22.8 Å². The van der Waals surface area contributed by atoms with Gasteiger partial charge >= 0.3 is 0 Å². The highest BCUT2D eigenvalue weighted by Gasteiger charge is 2.23. The predicted octanol–water partition coefficient (Wildman–Crippen LogP) is 3.41. The number of hydrogen-bond acceptors (Lipinski definition) is 7. The molecule has 0 saturated carbocycles. The molecule has 4 rings (SSSR count). The fourth-order valence-corrected chi connectivity index (χ4v) is 3.51. The number of aromatic nitrogens is 3.